The number of guanidine groups is 2. The van der Waals surface area contributed by atoms with Gasteiger partial charge in [-0.1, -0.05) is 62.4 Å². The number of primary amides is 1. The van der Waals surface area contributed by atoms with Crippen LogP contribution in [0.3, 0.4) is 0 Å². The van der Waals surface area contributed by atoms with Crippen LogP contribution in [0.15, 0.2) is 73.3 Å². The number of benzene rings is 2. The van der Waals surface area contributed by atoms with Gasteiger partial charge in [0.15, 0.2) is 11.9 Å². The minimum Gasteiger partial charge on any atom is -0.481 e. The van der Waals surface area contributed by atoms with Crippen molar-refractivity contribution in [1.82, 2.24) is 103 Å². The summed E-state index contributed by atoms with van der Waals surface area (Å²) in [6, 6.07) is -1.15. The molecule has 2 fully saturated rings. The summed E-state index contributed by atoms with van der Waals surface area (Å²) < 4.78 is 0. The molecule has 45 nitrogen and oxygen atoms in total. The van der Waals surface area contributed by atoms with E-state index < -0.39 is 218 Å². The van der Waals surface area contributed by atoms with Crippen LogP contribution >= 0.6 is 37.9 Å². The first kappa shape index (κ1) is 103. The molecular weight excluding hydrogens is 1700 g/mol. The Labute approximate surface area is 742 Å². The standard InChI is InChI=1S/C78H117N25O20S3/c1-44(2)65(66(79)113)98-75(122)59-17-10-22-103(59)76(123)52(16-9-21-86-78(82)83)92-74(121)58(42-126)96-70(117)54(32-46-34-87-49-14-7-6-13-48(46)49)94-67(114)50(15-8-20-85-77(80)81)90-69(116)53(31-45-11-4-3-5-12-45)93-71(118)55(33-47-35-84-43-88-47)95-68(115)51(18-19-61(105)106)91-73(120)57(41-125)97-72(119)56(40-124)89-60(104)36-99-23-25-100(37-62(107)108)27-29-102(39-64(111)112)30-28-101(26-24-99)38-63(109)110/h3-7,11-14,34-35,43-44,50-59,65,87,124-126H,8-10,15-33,36-42H2,1-2H3,(H2,79,113)(H,84,88)(H,89,104)(H,90,116)(H,91,120)(H,92,121)(H,93,118)(H,94,114)(H,95,115)(H,96,117)(H,97,119)(H,98,122)(H,105,106)(H,107,108)(H,109,110)(H,111,112)(H4,80,81,85)(H4,82,83,86)/t50-,51-,52-,53+,54-,55-,56-,57-,58-,59-,65-/m0/s1. The molecule has 126 heavy (non-hydrogen) atoms. The minimum absolute atomic E-state index is 0.0168. The van der Waals surface area contributed by atoms with Crippen LogP contribution in [0.1, 0.15) is 82.0 Å². The molecule has 0 unspecified atom stereocenters. The Bertz CT molecular complexity index is 4370. The van der Waals surface area contributed by atoms with Gasteiger partial charge in [-0.2, -0.15) is 37.9 Å². The van der Waals surface area contributed by atoms with Crippen LogP contribution in [0, 0.1) is 16.7 Å². The van der Waals surface area contributed by atoms with Gasteiger partial charge in [-0.05, 0) is 68.1 Å². The number of nitrogens with zero attached hydrogens (tertiary/aromatic N) is 6. The van der Waals surface area contributed by atoms with Crippen molar-refractivity contribution >= 4 is 155 Å². The van der Waals surface area contributed by atoms with Gasteiger partial charge in [0.1, 0.15) is 66.5 Å². The fourth-order valence-electron chi connectivity index (χ4n) is 14.0. The summed E-state index contributed by atoms with van der Waals surface area (Å²) >= 11 is 13.0. The minimum atomic E-state index is -1.79. The molecular formula is C78H117N25O20S3. The molecule has 0 spiro atoms. The van der Waals surface area contributed by atoms with Crippen LogP contribution in [0.2, 0.25) is 0 Å². The maximum Gasteiger partial charge on any atom is 0.317 e. The summed E-state index contributed by atoms with van der Waals surface area (Å²) in [4.78, 5) is 238. The molecule has 11 atom stereocenters. The zero-order valence-corrected chi connectivity index (χ0v) is 72.6. The molecule has 2 aliphatic rings. The molecule has 0 radical (unpaired) electrons. The number of nitrogens with one attached hydrogen (secondary N) is 16. The molecule has 2 aliphatic heterocycles. The number of likely N-dealkylation sites (tertiary alicyclic amines) is 1. The van der Waals surface area contributed by atoms with Gasteiger partial charge in [-0.3, -0.25) is 107 Å². The second-order valence-electron chi connectivity index (χ2n) is 30.7. The van der Waals surface area contributed by atoms with Crippen molar-refractivity contribution in [3.05, 3.63) is 90.1 Å². The molecule has 26 N–H and O–H groups in total. The first-order valence-electron chi connectivity index (χ1n) is 40.9. The number of aromatic amines is 2. The molecule has 0 bridgehead atoms. The van der Waals surface area contributed by atoms with Gasteiger partial charge in [-0.15, -0.1) is 0 Å². The Morgan fingerprint density at radius 3 is 1.34 bits per heavy atom. The highest BCUT2D eigenvalue weighted by Gasteiger charge is 2.42. The lowest BCUT2D eigenvalue weighted by Crippen LogP contribution is -2.61. The van der Waals surface area contributed by atoms with Crippen LogP contribution in [0.25, 0.3) is 10.9 Å². The van der Waals surface area contributed by atoms with E-state index >= 15 is 19.2 Å². The highest BCUT2D eigenvalue weighted by atomic mass is 32.1. The second kappa shape index (κ2) is 52.8. The maximum atomic E-state index is 15.3. The number of thiol groups is 3. The Morgan fingerprint density at radius 1 is 0.476 bits per heavy atom. The van der Waals surface area contributed by atoms with Gasteiger partial charge in [-0.25, -0.2) is 4.98 Å². The number of rotatable bonds is 50. The molecule has 48 heteroatoms. The summed E-state index contributed by atoms with van der Waals surface area (Å²) in [6.07, 6.45) is 2.35. The number of para-hydroxylation sites is 1. The van der Waals surface area contributed by atoms with Crippen LogP contribution in [0.5, 0.6) is 0 Å². The van der Waals surface area contributed by atoms with E-state index in [4.69, 9.17) is 28.0 Å². The van der Waals surface area contributed by atoms with Gasteiger partial charge < -0.3 is 116 Å². The lowest BCUT2D eigenvalue weighted by Gasteiger charge is -2.33. The van der Waals surface area contributed by atoms with E-state index in [1.54, 1.807) is 94.2 Å². The summed E-state index contributed by atoms with van der Waals surface area (Å²) in [7, 11) is 0. The average molecular weight is 1820 g/mol. The van der Waals surface area contributed by atoms with Gasteiger partial charge in [0.2, 0.25) is 70.9 Å². The number of fused-ring (bicyclic) bond motifs is 1. The molecule has 0 aliphatic carbocycles. The maximum absolute atomic E-state index is 15.3. The number of carbonyl (C=O) groups is 16. The number of hydrogen-bond donors (Lipinski definition) is 26. The number of aromatic nitrogens is 3. The van der Waals surface area contributed by atoms with E-state index in [1.807, 2.05) is 0 Å². The van der Waals surface area contributed by atoms with Crippen molar-refractivity contribution in [2.75, 3.05) is 115 Å². The number of carboxylic acid groups (broad SMARTS) is 4. The van der Waals surface area contributed by atoms with Crippen LogP contribution in [-0.4, -0.2) is 348 Å². The van der Waals surface area contributed by atoms with E-state index in [9.17, 15) is 78.0 Å². The first-order chi connectivity index (χ1) is 59.9. The van der Waals surface area contributed by atoms with E-state index in [1.165, 1.54) is 17.4 Å². The largest absolute Gasteiger partial charge is 0.481 e. The molecule has 0 saturated carbocycles. The van der Waals surface area contributed by atoms with Crippen LogP contribution < -0.4 is 81.0 Å². The Balaban J connectivity index is 1.24. The fourth-order valence-corrected chi connectivity index (χ4v) is 14.8. The van der Waals surface area contributed by atoms with Gasteiger partial charge >= 0.3 is 23.9 Å². The number of amides is 12. The summed E-state index contributed by atoms with van der Waals surface area (Å²) in [5, 5.41) is 86.4. The predicted molar refractivity (Wildman–Crippen MR) is 468 cm³/mol. The number of hydrogen-bond acceptors (Lipinski definition) is 26. The van der Waals surface area contributed by atoms with E-state index in [2.05, 4.69) is 117 Å². The zero-order valence-electron chi connectivity index (χ0n) is 69.9. The summed E-state index contributed by atoms with van der Waals surface area (Å²) in [5.41, 5.74) is 18.5. The van der Waals surface area contributed by atoms with E-state index in [0.29, 0.717) is 28.5 Å². The van der Waals surface area contributed by atoms with Crippen molar-refractivity contribution in [3.8, 4) is 0 Å². The topological polar surface area (TPSA) is 685 Å². The van der Waals surface area contributed by atoms with Gasteiger partial charge in [0.05, 0.1) is 38.2 Å². The lowest BCUT2D eigenvalue weighted by molar-refractivity contribution is -0.142. The van der Waals surface area contributed by atoms with Crippen LogP contribution in [0.4, 0.5) is 0 Å². The Hall–Kier alpha value is -11.9. The Kier molecular flexibility index (Phi) is 43.1. The predicted octanol–water partition coefficient (Wildman–Crippen LogP) is -6.44. The molecule has 12 amide bonds. The molecule has 4 heterocycles. The molecule has 4 aromatic rings. The number of carboxylic acids is 4. The third-order valence-corrected chi connectivity index (χ3v) is 21.8. The van der Waals surface area contributed by atoms with Crippen molar-refractivity contribution in [1.29, 1.82) is 10.8 Å². The second-order valence-corrected chi connectivity index (χ2v) is 31.8. The Morgan fingerprint density at radius 2 is 0.889 bits per heavy atom. The fraction of sp³-hybridized carbons (Fsp3) is 0.551. The SMILES string of the molecule is CC(C)[C@H](NC(=O)[C@@H]1CCCN1C(=O)[C@H](CCCNC(=N)N)NC(=O)[C@H](CS)NC(=O)[C@H](Cc1c[nH]c2ccccc12)NC(=O)[C@H](CCCNC(=N)N)NC(=O)[C@@H](Cc1ccccc1)NC(=O)[C@H](Cc1c[nH]cn1)NC(=O)[C@H](CCC(=O)O)NC(=O)[C@H](CS)NC(=O)[C@H](CS)NC(=O)CN1CCN(CC(=O)O)CCN(CC(=O)O)CCN(CC(=O)O)CC1)C(N)=O. The van der Waals surface area contributed by atoms with Crippen molar-refractivity contribution in [2.24, 2.45) is 23.1 Å². The molecule has 2 aromatic heterocycles. The first-order valence-corrected chi connectivity index (χ1v) is 42.8. The third kappa shape index (κ3) is 35.3. The highest BCUT2D eigenvalue weighted by molar-refractivity contribution is 7.80. The van der Waals surface area contributed by atoms with Crippen molar-refractivity contribution < 1.29 is 97.1 Å². The monoisotopic (exact) mass is 1820 g/mol. The summed E-state index contributed by atoms with van der Waals surface area (Å²) in [6.45, 7) is 2.53. The van der Waals surface area contributed by atoms with Gasteiger partial charge in [0.25, 0.3) is 0 Å². The number of imidazole rings is 1. The number of aliphatic carboxylic acids is 4. The molecule has 2 aromatic carbocycles. The van der Waals surface area contributed by atoms with Crippen molar-refractivity contribution in [3.63, 3.8) is 0 Å². The highest BCUT2D eigenvalue weighted by Crippen LogP contribution is 2.23. The molecule has 6 rings (SSSR count). The van der Waals surface area contributed by atoms with E-state index in [-0.39, 0.29) is 147 Å². The molecule has 2 saturated heterocycles. The quantitative estimate of drug-likeness (QED) is 0.00846. The lowest BCUT2D eigenvalue weighted by atomic mass is 10.0. The number of carbonyl (C=O) groups excluding carboxylic acids is 12. The average Bonchev–Trinajstić information content (AvgIpc) is 1.65. The van der Waals surface area contributed by atoms with Gasteiger partial charge in [0, 0.05) is 138 Å². The smallest absolute Gasteiger partial charge is 0.317 e. The summed E-state index contributed by atoms with van der Waals surface area (Å²) in [5.74, 6) is -18.3. The molecule has 692 valence electrons. The van der Waals surface area contributed by atoms with Crippen molar-refractivity contribution in [2.45, 2.75) is 151 Å². The number of nitrogens with two attached hydrogens (primary N) is 3. The van der Waals surface area contributed by atoms with E-state index in [0.717, 1.165) is 0 Å². The van der Waals surface area contributed by atoms with Crippen LogP contribution in [-0.2, 0) is 96.0 Å². The number of H-pyrrole nitrogens is 2. The zero-order chi connectivity index (χ0) is 92.7. The normalized spacial score (nSPS) is 16.7. The third-order valence-electron chi connectivity index (χ3n) is 20.7.